The van der Waals surface area contributed by atoms with Gasteiger partial charge in [0.2, 0.25) is 0 Å². The van der Waals surface area contributed by atoms with Crippen LogP contribution in [0.25, 0.3) is 0 Å². The molecular formula is C11H12N2O5. The van der Waals surface area contributed by atoms with Crippen LogP contribution in [0.2, 0.25) is 0 Å². The number of hydrogen-bond donors (Lipinski definition) is 0. The fourth-order valence-electron chi connectivity index (χ4n) is 1.65. The predicted molar refractivity (Wildman–Crippen MR) is 63.5 cm³/mol. The van der Waals surface area contributed by atoms with Crippen molar-refractivity contribution in [2.24, 2.45) is 0 Å². The van der Waals surface area contributed by atoms with Gasteiger partial charge in [-0.1, -0.05) is 13.8 Å². The molecule has 7 heteroatoms. The first-order valence-corrected chi connectivity index (χ1v) is 5.34. The highest BCUT2D eigenvalue weighted by Crippen LogP contribution is 2.31. The number of benzene rings is 1. The van der Waals surface area contributed by atoms with Crippen molar-refractivity contribution in [3.05, 3.63) is 44.0 Å². The Labute approximate surface area is 103 Å². The number of hydrogen-bond acceptors (Lipinski definition) is 5. The van der Waals surface area contributed by atoms with Gasteiger partial charge in [0.05, 0.1) is 15.9 Å². The molecule has 1 rings (SSSR count). The molecule has 96 valence electrons. The summed E-state index contributed by atoms with van der Waals surface area (Å²) in [6, 6.07) is 3.32. The largest absolute Gasteiger partial charge is 0.299 e. The quantitative estimate of drug-likeness (QED) is 0.591. The van der Waals surface area contributed by atoms with E-state index in [-0.39, 0.29) is 23.5 Å². The second kappa shape index (κ2) is 5.35. The molecule has 0 radical (unpaired) electrons. The number of carbonyl (C=O) groups is 1. The number of carbonyl (C=O) groups excluding carboxylic acids is 1. The first kappa shape index (κ1) is 13.8. The van der Waals surface area contributed by atoms with Crippen molar-refractivity contribution in [1.82, 2.24) is 0 Å². The Bertz CT molecular complexity index is 512. The Hall–Kier alpha value is -2.31. The van der Waals surface area contributed by atoms with E-state index >= 15 is 0 Å². The highest BCUT2D eigenvalue weighted by atomic mass is 16.6. The molecule has 1 unspecified atom stereocenters. The van der Waals surface area contributed by atoms with E-state index in [2.05, 4.69) is 0 Å². The van der Waals surface area contributed by atoms with E-state index in [0.717, 1.165) is 6.07 Å². The second-order valence-electron chi connectivity index (χ2n) is 3.80. The highest BCUT2D eigenvalue weighted by molar-refractivity contribution is 5.86. The van der Waals surface area contributed by atoms with Crippen LogP contribution in [0.15, 0.2) is 18.2 Å². The third-order valence-electron chi connectivity index (χ3n) is 2.72. The van der Waals surface area contributed by atoms with Crippen LogP contribution >= 0.6 is 0 Å². The van der Waals surface area contributed by atoms with Crippen LogP contribution in [0.1, 0.15) is 31.7 Å². The Balaban J connectivity index is 3.32. The molecule has 0 heterocycles. The van der Waals surface area contributed by atoms with Crippen molar-refractivity contribution < 1.29 is 14.6 Å². The maximum atomic E-state index is 11.5. The summed E-state index contributed by atoms with van der Waals surface area (Å²) in [5.74, 6) is -0.789. The molecule has 0 saturated heterocycles. The molecule has 0 spiro atoms. The maximum Gasteiger partial charge on any atom is 0.280 e. The average molecular weight is 252 g/mol. The normalized spacial score (nSPS) is 11.9. The molecule has 0 bridgehead atoms. The van der Waals surface area contributed by atoms with Gasteiger partial charge in [-0.3, -0.25) is 25.0 Å². The van der Waals surface area contributed by atoms with E-state index in [1.165, 1.54) is 12.1 Å². The van der Waals surface area contributed by atoms with Crippen LogP contribution < -0.4 is 0 Å². The molecule has 0 saturated carbocycles. The summed E-state index contributed by atoms with van der Waals surface area (Å²) < 4.78 is 0. The second-order valence-corrected chi connectivity index (χ2v) is 3.80. The van der Waals surface area contributed by atoms with Crippen LogP contribution in [0, 0.1) is 20.2 Å². The summed E-state index contributed by atoms with van der Waals surface area (Å²) in [6.07, 6.45) is 0.259. The van der Waals surface area contributed by atoms with Crippen LogP contribution in [-0.4, -0.2) is 15.6 Å². The van der Waals surface area contributed by atoms with Gasteiger partial charge in [0.25, 0.3) is 11.4 Å². The van der Waals surface area contributed by atoms with Crippen molar-refractivity contribution in [2.75, 3.05) is 0 Å². The highest BCUT2D eigenvalue weighted by Gasteiger charge is 2.25. The maximum absolute atomic E-state index is 11.5. The van der Waals surface area contributed by atoms with Crippen LogP contribution in [0.4, 0.5) is 11.4 Å². The summed E-state index contributed by atoms with van der Waals surface area (Å²) in [7, 11) is 0. The molecule has 0 aliphatic heterocycles. The van der Waals surface area contributed by atoms with Gasteiger partial charge in [-0.2, -0.15) is 0 Å². The summed E-state index contributed by atoms with van der Waals surface area (Å²) >= 11 is 0. The summed E-state index contributed by atoms with van der Waals surface area (Å²) in [4.78, 5) is 31.6. The smallest absolute Gasteiger partial charge is 0.280 e. The predicted octanol–water partition coefficient (Wildman–Crippen LogP) is 2.59. The van der Waals surface area contributed by atoms with Crippen LogP contribution in [0.3, 0.4) is 0 Å². The lowest BCUT2D eigenvalue weighted by Crippen LogP contribution is -2.10. The number of ketones is 1. The topological polar surface area (TPSA) is 103 Å². The van der Waals surface area contributed by atoms with Gasteiger partial charge in [0, 0.05) is 24.0 Å². The fraction of sp³-hybridized carbons (Fsp3) is 0.364. The van der Waals surface area contributed by atoms with E-state index in [0.29, 0.717) is 0 Å². The molecule has 1 aromatic rings. The van der Waals surface area contributed by atoms with Crippen molar-refractivity contribution in [2.45, 2.75) is 26.2 Å². The Morgan fingerprint density at radius 3 is 2.33 bits per heavy atom. The first-order chi connectivity index (χ1) is 8.38. The monoisotopic (exact) mass is 252 g/mol. The average Bonchev–Trinajstić information content (AvgIpc) is 2.35. The number of nitro benzene ring substituents is 2. The van der Waals surface area contributed by atoms with Crippen molar-refractivity contribution in [3.8, 4) is 0 Å². The van der Waals surface area contributed by atoms with Gasteiger partial charge < -0.3 is 0 Å². The Kier molecular flexibility index (Phi) is 4.09. The van der Waals surface area contributed by atoms with E-state index in [1.54, 1.807) is 13.8 Å². The summed E-state index contributed by atoms with van der Waals surface area (Å²) in [5, 5.41) is 21.4. The van der Waals surface area contributed by atoms with Gasteiger partial charge in [0.15, 0.2) is 0 Å². The zero-order chi connectivity index (χ0) is 13.9. The minimum Gasteiger partial charge on any atom is -0.299 e. The molecule has 1 atom stereocenters. The lowest BCUT2D eigenvalue weighted by molar-refractivity contribution is -0.394. The molecule has 0 aromatic heterocycles. The van der Waals surface area contributed by atoms with Gasteiger partial charge >= 0.3 is 0 Å². The molecule has 18 heavy (non-hydrogen) atoms. The third kappa shape index (κ3) is 2.68. The third-order valence-corrected chi connectivity index (χ3v) is 2.72. The fourth-order valence-corrected chi connectivity index (χ4v) is 1.65. The van der Waals surface area contributed by atoms with Gasteiger partial charge in [0.1, 0.15) is 5.78 Å². The van der Waals surface area contributed by atoms with Gasteiger partial charge in [-0.05, 0) is 6.07 Å². The number of nitrogens with zero attached hydrogens (tertiary/aromatic N) is 2. The lowest BCUT2D eigenvalue weighted by atomic mass is 9.93. The zero-order valence-corrected chi connectivity index (χ0v) is 9.95. The Morgan fingerprint density at radius 1 is 1.28 bits per heavy atom. The molecule has 1 aromatic carbocycles. The number of Topliss-reactive ketones (excluding diaryl/α,β-unsaturated/α-hetero) is 1. The van der Waals surface area contributed by atoms with Gasteiger partial charge in [-0.25, -0.2) is 0 Å². The number of non-ortho nitro benzene ring substituents is 1. The summed E-state index contributed by atoms with van der Waals surface area (Å²) in [5.41, 5.74) is -0.544. The zero-order valence-electron chi connectivity index (χ0n) is 9.95. The van der Waals surface area contributed by atoms with E-state index in [4.69, 9.17) is 0 Å². The Morgan fingerprint density at radius 2 is 1.89 bits per heavy atom. The lowest BCUT2D eigenvalue weighted by Gasteiger charge is -2.09. The molecule has 0 N–H and O–H groups in total. The van der Waals surface area contributed by atoms with Crippen LogP contribution in [0.5, 0.6) is 0 Å². The first-order valence-electron chi connectivity index (χ1n) is 5.34. The molecule has 0 amide bonds. The molecular weight excluding hydrogens is 240 g/mol. The molecule has 0 fully saturated rings. The molecule has 0 aliphatic carbocycles. The number of nitro groups is 2. The summed E-state index contributed by atoms with van der Waals surface area (Å²) in [6.45, 7) is 3.22. The molecule has 7 nitrogen and oxygen atoms in total. The van der Waals surface area contributed by atoms with E-state index < -0.39 is 21.5 Å². The minimum absolute atomic E-state index is 0.146. The standard InChI is InChI=1S/C11H12N2O5/c1-3-11(14)7(2)9-5-4-8(12(15)16)6-10(9)13(17)18/h4-7H,3H2,1-2H3. The number of rotatable bonds is 5. The van der Waals surface area contributed by atoms with Crippen molar-refractivity contribution in [1.29, 1.82) is 0 Å². The SMILES string of the molecule is CCC(=O)C(C)c1ccc([N+](=O)[O-])cc1[N+](=O)[O-]. The van der Waals surface area contributed by atoms with Crippen molar-refractivity contribution >= 4 is 17.2 Å². The van der Waals surface area contributed by atoms with Gasteiger partial charge in [-0.15, -0.1) is 0 Å². The van der Waals surface area contributed by atoms with E-state index in [1.807, 2.05) is 0 Å². The van der Waals surface area contributed by atoms with Crippen LogP contribution in [-0.2, 0) is 4.79 Å². The molecule has 0 aliphatic rings. The minimum atomic E-state index is -0.707. The van der Waals surface area contributed by atoms with E-state index in [9.17, 15) is 25.0 Å². The van der Waals surface area contributed by atoms with Crippen molar-refractivity contribution in [3.63, 3.8) is 0 Å².